The average Bonchev–Trinajstić information content (AvgIpc) is 2.39. The molecule has 1 saturated heterocycles. The van der Waals surface area contributed by atoms with Crippen molar-refractivity contribution < 1.29 is 18.8 Å². The second-order valence-corrected chi connectivity index (χ2v) is 3.53. The first-order valence-corrected chi connectivity index (χ1v) is 5.23. The molecule has 1 aromatic heterocycles. The Morgan fingerprint density at radius 1 is 1.38 bits per heavy atom. The predicted molar refractivity (Wildman–Crippen MR) is 56.4 cm³/mol. The summed E-state index contributed by atoms with van der Waals surface area (Å²) in [7, 11) is 1.60. The maximum atomic E-state index is 12.0. The highest BCUT2D eigenvalue weighted by atomic mass is 16.5. The number of methoxy groups -OCH3 is 1. The standard InChI is InChI=1S/C11H15N2O3/c1-15-10-2-4-12(5-3-10)11(14)13-6-8-16-9-7-13/h2-5H,6-9H2,1H3/q+1. The number of rotatable bonds is 1. The molecule has 16 heavy (non-hydrogen) atoms. The lowest BCUT2D eigenvalue weighted by molar-refractivity contribution is -0.578. The van der Waals surface area contributed by atoms with Crippen molar-refractivity contribution in [1.82, 2.24) is 4.90 Å². The molecule has 2 heterocycles. The van der Waals surface area contributed by atoms with Gasteiger partial charge in [-0.15, -0.1) is 0 Å². The summed E-state index contributed by atoms with van der Waals surface area (Å²) in [6.45, 7) is 2.53. The van der Waals surface area contributed by atoms with Crippen LogP contribution in [-0.2, 0) is 4.74 Å². The minimum absolute atomic E-state index is 0.0223. The largest absolute Gasteiger partial charge is 0.498 e. The van der Waals surface area contributed by atoms with Gasteiger partial charge < -0.3 is 9.47 Å². The Morgan fingerprint density at radius 3 is 2.56 bits per heavy atom. The summed E-state index contributed by atoms with van der Waals surface area (Å²) in [6, 6.07) is 3.50. The van der Waals surface area contributed by atoms with E-state index in [0.29, 0.717) is 26.3 Å². The van der Waals surface area contributed by atoms with Crippen LogP contribution in [0.3, 0.4) is 0 Å². The lowest BCUT2D eigenvalue weighted by atomic mass is 10.4. The number of pyridine rings is 1. The van der Waals surface area contributed by atoms with Gasteiger partial charge in [0.05, 0.1) is 20.3 Å². The van der Waals surface area contributed by atoms with Crippen LogP contribution in [0, 0.1) is 0 Å². The molecule has 0 aliphatic carbocycles. The summed E-state index contributed by atoms with van der Waals surface area (Å²) in [5.74, 6) is 0.742. The number of amides is 1. The first kappa shape index (κ1) is 10.9. The van der Waals surface area contributed by atoms with Gasteiger partial charge in [0.25, 0.3) is 0 Å². The van der Waals surface area contributed by atoms with Gasteiger partial charge in [0, 0.05) is 12.1 Å². The van der Waals surface area contributed by atoms with E-state index in [1.54, 1.807) is 41.1 Å². The van der Waals surface area contributed by atoms with Crippen molar-refractivity contribution in [2.45, 2.75) is 0 Å². The lowest BCUT2D eigenvalue weighted by Gasteiger charge is -2.19. The van der Waals surface area contributed by atoms with Gasteiger partial charge >= 0.3 is 6.03 Å². The molecule has 0 atom stereocenters. The Kier molecular flexibility index (Phi) is 3.36. The molecule has 1 fully saturated rings. The minimum Gasteiger partial charge on any atom is -0.496 e. The van der Waals surface area contributed by atoms with Gasteiger partial charge in [-0.05, 0) is 0 Å². The summed E-state index contributed by atoms with van der Waals surface area (Å²) in [5, 5.41) is 0. The molecule has 1 aromatic rings. The molecule has 5 heteroatoms. The zero-order chi connectivity index (χ0) is 11.4. The van der Waals surface area contributed by atoms with Gasteiger partial charge in [0.1, 0.15) is 31.2 Å². The van der Waals surface area contributed by atoms with E-state index in [-0.39, 0.29) is 6.03 Å². The van der Waals surface area contributed by atoms with Crippen molar-refractivity contribution in [2.75, 3.05) is 33.4 Å². The van der Waals surface area contributed by atoms with E-state index in [4.69, 9.17) is 9.47 Å². The van der Waals surface area contributed by atoms with E-state index >= 15 is 0 Å². The monoisotopic (exact) mass is 223 g/mol. The zero-order valence-corrected chi connectivity index (χ0v) is 9.26. The number of nitrogens with zero attached hydrogens (tertiary/aromatic N) is 2. The fraction of sp³-hybridized carbons (Fsp3) is 0.455. The van der Waals surface area contributed by atoms with Crippen molar-refractivity contribution in [2.24, 2.45) is 0 Å². The second-order valence-electron chi connectivity index (χ2n) is 3.53. The van der Waals surface area contributed by atoms with Crippen LogP contribution in [0.5, 0.6) is 5.75 Å². The van der Waals surface area contributed by atoms with Crippen LogP contribution in [0.25, 0.3) is 0 Å². The smallest absolute Gasteiger partial charge is 0.496 e. The summed E-state index contributed by atoms with van der Waals surface area (Å²) < 4.78 is 11.8. The number of carbonyl (C=O) groups excluding carboxylic acids is 1. The molecule has 0 unspecified atom stereocenters. The molecule has 1 aliphatic heterocycles. The third-order valence-corrected chi connectivity index (χ3v) is 2.54. The van der Waals surface area contributed by atoms with Gasteiger partial charge in [0.2, 0.25) is 0 Å². The third kappa shape index (κ3) is 2.30. The molecular formula is C11H15N2O3+. The van der Waals surface area contributed by atoms with Crippen LogP contribution in [0.2, 0.25) is 0 Å². The SMILES string of the molecule is COc1cc[n+](C(=O)N2CCOCC2)cc1. The van der Waals surface area contributed by atoms with Crippen molar-refractivity contribution in [3.05, 3.63) is 24.5 Å². The average molecular weight is 223 g/mol. The predicted octanol–water partition coefficient (Wildman–Crippen LogP) is 0.283. The summed E-state index contributed by atoms with van der Waals surface area (Å²) in [5.41, 5.74) is 0. The van der Waals surface area contributed by atoms with Gasteiger partial charge in [-0.25, -0.2) is 4.90 Å². The van der Waals surface area contributed by atoms with Crippen LogP contribution in [0.4, 0.5) is 4.79 Å². The highest BCUT2D eigenvalue weighted by molar-refractivity contribution is 5.64. The van der Waals surface area contributed by atoms with Crippen LogP contribution < -0.4 is 9.30 Å². The lowest BCUT2D eigenvalue weighted by Crippen LogP contribution is -2.55. The molecule has 0 saturated carbocycles. The molecule has 2 rings (SSSR count). The molecule has 86 valence electrons. The normalized spacial score (nSPS) is 15.9. The summed E-state index contributed by atoms with van der Waals surface area (Å²) in [4.78, 5) is 13.8. The van der Waals surface area contributed by atoms with Crippen LogP contribution in [0.15, 0.2) is 24.5 Å². The van der Waals surface area contributed by atoms with E-state index in [1.807, 2.05) is 0 Å². The third-order valence-electron chi connectivity index (χ3n) is 2.54. The maximum Gasteiger partial charge on any atom is 0.498 e. The van der Waals surface area contributed by atoms with Gasteiger partial charge in [-0.1, -0.05) is 0 Å². The Morgan fingerprint density at radius 2 is 2.00 bits per heavy atom. The number of hydrogen-bond donors (Lipinski definition) is 0. The minimum atomic E-state index is -0.0223. The quantitative estimate of drug-likeness (QED) is 0.642. The van der Waals surface area contributed by atoms with E-state index < -0.39 is 0 Å². The number of ether oxygens (including phenoxy) is 2. The zero-order valence-electron chi connectivity index (χ0n) is 9.26. The number of carbonyl (C=O) groups is 1. The first-order chi connectivity index (χ1) is 7.81. The highest BCUT2D eigenvalue weighted by Crippen LogP contribution is 2.04. The molecule has 0 N–H and O–H groups in total. The van der Waals surface area contributed by atoms with Crippen molar-refractivity contribution in [3.8, 4) is 5.75 Å². The topological polar surface area (TPSA) is 42.7 Å². The van der Waals surface area contributed by atoms with Crippen LogP contribution in [0.1, 0.15) is 0 Å². The Bertz CT molecular complexity index is 358. The van der Waals surface area contributed by atoms with Gasteiger partial charge in [-0.2, -0.15) is 9.36 Å². The van der Waals surface area contributed by atoms with E-state index in [2.05, 4.69) is 0 Å². The molecule has 0 aromatic carbocycles. The fourth-order valence-electron chi connectivity index (χ4n) is 1.59. The second kappa shape index (κ2) is 4.94. The van der Waals surface area contributed by atoms with E-state index in [9.17, 15) is 4.79 Å². The first-order valence-electron chi connectivity index (χ1n) is 5.23. The van der Waals surface area contributed by atoms with Crippen LogP contribution >= 0.6 is 0 Å². The highest BCUT2D eigenvalue weighted by Gasteiger charge is 2.26. The fourth-order valence-corrected chi connectivity index (χ4v) is 1.59. The number of morpholine rings is 1. The maximum absolute atomic E-state index is 12.0. The van der Waals surface area contributed by atoms with Gasteiger partial charge in [0.15, 0.2) is 0 Å². The molecule has 1 aliphatic rings. The van der Waals surface area contributed by atoms with E-state index in [1.165, 1.54) is 0 Å². The number of hydrogen-bond acceptors (Lipinski definition) is 3. The molecular weight excluding hydrogens is 208 g/mol. The molecule has 5 nitrogen and oxygen atoms in total. The Balaban J connectivity index is 2.07. The van der Waals surface area contributed by atoms with E-state index in [0.717, 1.165) is 5.75 Å². The van der Waals surface area contributed by atoms with Crippen LogP contribution in [-0.4, -0.2) is 44.3 Å². The Labute approximate surface area is 94.2 Å². The summed E-state index contributed by atoms with van der Waals surface area (Å²) in [6.07, 6.45) is 3.41. The van der Waals surface area contributed by atoms with Crippen molar-refractivity contribution >= 4 is 6.03 Å². The van der Waals surface area contributed by atoms with Crippen molar-refractivity contribution in [3.63, 3.8) is 0 Å². The molecule has 0 spiro atoms. The van der Waals surface area contributed by atoms with Crippen molar-refractivity contribution in [1.29, 1.82) is 0 Å². The summed E-state index contributed by atoms with van der Waals surface area (Å²) >= 11 is 0. The molecule has 0 bridgehead atoms. The van der Waals surface area contributed by atoms with Gasteiger partial charge in [-0.3, -0.25) is 0 Å². The molecule has 0 radical (unpaired) electrons. The number of aromatic nitrogens is 1. The molecule has 1 amide bonds. The Hall–Kier alpha value is -1.62.